The molecule has 3 N–H and O–H groups in total. The summed E-state index contributed by atoms with van der Waals surface area (Å²) in [6.07, 6.45) is 0. The number of benzene rings is 2. The molecule has 108 valence electrons. The molecule has 2 aromatic rings. The minimum Gasteiger partial charge on any atom is -0.506 e. The van der Waals surface area contributed by atoms with Crippen LogP contribution in [0.4, 0.5) is 16.2 Å². The van der Waals surface area contributed by atoms with Gasteiger partial charge in [-0.15, -0.1) is 0 Å². The van der Waals surface area contributed by atoms with Crippen LogP contribution in [-0.4, -0.2) is 16.1 Å². The number of rotatable bonds is 4. The number of nitro benzene ring substituents is 1. The van der Waals surface area contributed by atoms with E-state index in [-0.39, 0.29) is 17.1 Å². The summed E-state index contributed by atoms with van der Waals surface area (Å²) in [6.45, 7) is 0.334. The number of nitrogens with zero attached hydrogens (tertiary/aromatic N) is 1. The number of nitro groups is 1. The molecule has 0 bridgehead atoms. The van der Waals surface area contributed by atoms with Gasteiger partial charge in [0.25, 0.3) is 5.69 Å². The third kappa shape index (κ3) is 3.93. The van der Waals surface area contributed by atoms with Gasteiger partial charge in [0.1, 0.15) is 5.75 Å². The summed E-state index contributed by atoms with van der Waals surface area (Å²) >= 11 is 0. The minimum atomic E-state index is -0.626. The first-order chi connectivity index (χ1) is 10.1. The molecule has 0 aliphatic rings. The van der Waals surface area contributed by atoms with E-state index in [0.29, 0.717) is 6.54 Å². The maximum Gasteiger partial charge on any atom is 0.319 e. The predicted molar refractivity (Wildman–Crippen MR) is 77.1 cm³/mol. The van der Waals surface area contributed by atoms with E-state index < -0.39 is 11.0 Å². The van der Waals surface area contributed by atoms with Crippen molar-refractivity contribution in [2.75, 3.05) is 5.32 Å². The van der Waals surface area contributed by atoms with Gasteiger partial charge in [0.2, 0.25) is 0 Å². The van der Waals surface area contributed by atoms with E-state index >= 15 is 0 Å². The number of phenols is 1. The molecule has 0 atom stereocenters. The smallest absolute Gasteiger partial charge is 0.319 e. The molecular weight excluding hydrogens is 274 g/mol. The monoisotopic (exact) mass is 287 g/mol. The number of hydrogen-bond acceptors (Lipinski definition) is 4. The van der Waals surface area contributed by atoms with E-state index in [0.717, 1.165) is 11.6 Å². The van der Waals surface area contributed by atoms with Gasteiger partial charge in [-0.2, -0.15) is 0 Å². The van der Waals surface area contributed by atoms with Crippen molar-refractivity contribution in [1.82, 2.24) is 5.32 Å². The summed E-state index contributed by atoms with van der Waals surface area (Å²) < 4.78 is 0. The van der Waals surface area contributed by atoms with Crippen LogP contribution in [0.3, 0.4) is 0 Å². The Morgan fingerprint density at radius 3 is 2.52 bits per heavy atom. The molecule has 7 heteroatoms. The lowest BCUT2D eigenvalue weighted by atomic mass is 10.2. The number of amides is 2. The number of urea groups is 1. The first-order valence-electron chi connectivity index (χ1n) is 6.12. The average Bonchev–Trinajstić information content (AvgIpc) is 2.48. The van der Waals surface area contributed by atoms with Gasteiger partial charge in [-0.3, -0.25) is 10.1 Å². The Kier molecular flexibility index (Phi) is 4.35. The van der Waals surface area contributed by atoms with Gasteiger partial charge in [0, 0.05) is 12.6 Å². The van der Waals surface area contributed by atoms with Crippen molar-refractivity contribution < 1.29 is 14.8 Å². The zero-order valence-electron chi connectivity index (χ0n) is 10.9. The van der Waals surface area contributed by atoms with Crippen LogP contribution in [0.2, 0.25) is 0 Å². The SMILES string of the molecule is O=C(NCc1ccccc1)Nc1ccc([N+](=O)[O-])cc1O. The van der Waals surface area contributed by atoms with Crippen LogP contribution in [0.1, 0.15) is 5.56 Å². The molecule has 7 nitrogen and oxygen atoms in total. The summed E-state index contributed by atoms with van der Waals surface area (Å²) in [5.41, 5.74) is 0.787. The van der Waals surface area contributed by atoms with Crippen LogP contribution < -0.4 is 10.6 Å². The van der Waals surface area contributed by atoms with Gasteiger partial charge in [0.15, 0.2) is 0 Å². The predicted octanol–water partition coefficient (Wildman–Crippen LogP) is 2.62. The lowest BCUT2D eigenvalue weighted by molar-refractivity contribution is -0.384. The van der Waals surface area contributed by atoms with Crippen LogP contribution >= 0.6 is 0 Å². The van der Waals surface area contributed by atoms with Gasteiger partial charge in [-0.05, 0) is 11.6 Å². The van der Waals surface area contributed by atoms with E-state index in [4.69, 9.17) is 0 Å². The molecule has 2 rings (SSSR count). The van der Waals surface area contributed by atoms with Crippen LogP contribution in [0.15, 0.2) is 48.5 Å². The molecule has 0 aliphatic carbocycles. The van der Waals surface area contributed by atoms with Crippen molar-refractivity contribution in [3.05, 3.63) is 64.2 Å². The molecule has 2 aromatic carbocycles. The lowest BCUT2D eigenvalue weighted by Crippen LogP contribution is -2.28. The van der Waals surface area contributed by atoms with Gasteiger partial charge < -0.3 is 15.7 Å². The number of nitrogens with one attached hydrogen (secondary N) is 2. The molecule has 0 aromatic heterocycles. The number of anilines is 1. The number of non-ortho nitro benzene ring substituents is 1. The highest BCUT2D eigenvalue weighted by molar-refractivity contribution is 5.91. The van der Waals surface area contributed by atoms with Gasteiger partial charge in [-0.1, -0.05) is 30.3 Å². The molecule has 21 heavy (non-hydrogen) atoms. The van der Waals surface area contributed by atoms with Crippen molar-refractivity contribution in [3.8, 4) is 5.75 Å². The standard InChI is InChI=1S/C14H13N3O4/c18-13-8-11(17(20)21)6-7-12(13)16-14(19)15-9-10-4-2-1-3-5-10/h1-8,18H,9H2,(H2,15,16,19). The summed E-state index contributed by atoms with van der Waals surface area (Å²) in [4.78, 5) is 21.6. The topological polar surface area (TPSA) is 104 Å². The van der Waals surface area contributed by atoms with E-state index in [1.54, 1.807) is 0 Å². The second-order valence-corrected chi connectivity index (χ2v) is 4.25. The summed E-state index contributed by atoms with van der Waals surface area (Å²) in [7, 11) is 0. The molecule has 0 heterocycles. The van der Waals surface area contributed by atoms with Crippen molar-refractivity contribution in [3.63, 3.8) is 0 Å². The Morgan fingerprint density at radius 1 is 1.19 bits per heavy atom. The van der Waals surface area contributed by atoms with Crippen LogP contribution in [0, 0.1) is 10.1 Å². The molecule has 0 fully saturated rings. The van der Waals surface area contributed by atoms with Crippen molar-refractivity contribution in [2.24, 2.45) is 0 Å². The Labute approximate surface area is 120 Å². The zero-order chi connectivity index (χ0) is 15.2. The quantitative estimate of drug-likeness (QED) is 0.456. The first kappa shape index (κ1) is 14.3. The molecule has 0 aliphatic heterocycles. The van der Waals surface area contributed by atoms with Crippen LogP contribution in [0.25, 0.3) is 0 Å². The van der Waals surface area contributed by atoms with E-state index in [2.05, 4.69) is 10.6 Å². The fraction of sp³-hybridized carbons (Fsp3) is 0.0714. The lowest BCUT2D eigenvalue weighted by Gasteiger charge is -2.09. The van der Waals surface area contributed by atoms with E-state index in [9.17, 15) is 20.0 Å². The zero-order valence-corrected chi connectivity index (χ0v) is 10.9. The van der Waals surface area contributed by atoms with E-state index in [1.165, 1.54) is 12.1 Å². The molecule has 0 saturated carbocycles. The largest absolute Gasteiger partial charge is 0.506 e. The second-order valence-electron chi connectivity index (χ2n) is 4.25. The number of aromatic hydroxyl groups is 1. The van der Waals surface area contributed by atoms with Crippen molar-refractivity contribution >= 4 is 17.4 Å². The second kappa shape index (κ2) is 6.38. The van der Waals surface area contributed by atoms with E-state index in [1.807, 2.05) is 30.3 Å². The third-order valence-electron chi connectivity index (χ3n) is 2.74. The van der Waals surface area contributed by atoms with Crippen molar-refractivity contribution in [1.29, 1.82) is 0 Å². The Balaban J connectivity index is 1.95. The number of carbonyl (C=O) groups excluding carboxylic acids is 1. The Bertz CT molecular complexity index is 659. The average molecular weight is 287 g/mol. The molecular formula is C14H13N3O4. The maximum absolute atomic E-state index is 11.7. The fourth-order valence-electron chi connectivity index (χ4n) is 1.68. The van der Waals surface area contributed by atoms with Crippen LogP contribution in [0.5, 0.6) is 5.75 Å². The Morgan fingerprint density at radius 2 is 1.90 bits per heavy atom. The molecule has 0 radical (unpaired) electrons. The Hall–Kier alpha value is -3.09. The summed E-state index contributed by atoms with van der Waals surface area (Å²) in [5, 5.41) is 25.2. The van der Waals surface area contributed by atoms with Gasteiger partial charge in [0.05, 0.1) is 16.7 Å². The summed E-state index contributed by atoms with van der Waals surface area (Å²) in [5.74, 6) is -0.362. The highest BCUT2D eigenvalue weighted by Crippen LogP contribution is 2.27. The van der Waals surface area contributed by atoms with Gasteiger partial charge >= 0.3 is 6.03 Å². The maximum atomic E-state index is 11.7. The highest BCUT2D eigenvalue weighted by atomic mass is 16.6. The number of hydrogen-bond donors (Lipinski definition) is 3. The first-order valence-corrected chi connectivity index (χ1v) is 6.12. The number of carbonyl (C=O) groups is 1. The molecule has 2 amide bonds. The van der Waals surface area contributed by atoms with Gasteiger partial charge in [-0.25, -0.2) is 4.79 Å². The summed E-state index contributed by atoms with van der Waals surface area (Å²) in [6, 6.07) is 12.3. The van der Waals surface area contributed by atoms with Crippen molar-refractivity contribution in [2.45, 2.75) is 6.54 Å². The normalized spacial score (nSPS) is 9.90. The highest BCUT2D eigenvalue weighted by Gasteiger charge is 2.11. The molecule has 0 saturated heterocycles. The van der Waals surface area contributed by atoms with Crippen LogP contribution in [-0.2, 0) is 6.54 Å². The molecule has 0 spiro atoms. The number of phenolic OH excluding ortho intramolecular Hbond substituents is 1. The minimum absolute atomic E-state index is 0.103. The molecule has 0 unspecified atom stereocenters. The fourth-order valence-corrected chi connectivity index (χ4v) is 1.68. The third-order valence-corrected chi connectivity index (χ3v) is 2.74.